The number of hydrogen-bond donors (Lipinski definition) is 1. The van der Waals surface area contributed by atoms with Crippen LogP contribution in [0, 0.1) is 6.92 Å². The third-order valence-electron chi connectivity index (χ3n) is 4.89. The third kappa shape index (κ3) is 4.95. The van der Waals surface area contributed by atoms with Crippen LogP contribution in [0.4, 0.5) is 5.82 Å². The molecule has 150 valence electrons. The lowest BCUT2D eigenvalue weighted by Gasteiger charge is -2.17. The van der Waals surface area contributed by atoms with E-state index in [1.807, 2.05) is 48.0 Å². The van der Waals surface area contributed by atoms with E-state index in [4.69, 9.17) is 0 Å². The van der Waals surface area contributed by atoms with Crippen molar-refractivity contribution in [3.05, 3.63) is 60.0 Å². The molecule has 3 aromatic rings. The molecule has 0 saturated carbocycles. The van der Waals surface area contributed by atoms with Crippen molar-refractivity contribution in [3.63, 3.8) is 0 Å². The predicted molar refractivity (Wildman–Crippen MR) is 114 cm³/mol. The average molecular weight is 409 g/mol. The van der Waals surface area contributed by atoms with Crippen LogP contribution in [-0.4, -0.2) is 44.5 Å². The molecule has 0 radical (unpaired) electrons. The minimum atomic E-state index is -0.0343. The Balaban J connectivity index is 1.31. The van der Waals surface area contributed by atoms with Gasteiger partial charge in [0, 0.05) is 31.5 Å². The van der Waals surface area contributed by atoms with Crippen LogP contribution < -0.4 is 10.2 Å². The Morgan fingerprint density at radius 1 is 1.17 bits per heavy atom. The summed E-state index contributed by atoms with van der Waals surface area (Å²) in [5, 5.41) is 11.8. The minimum absolute atomic E-state index is 0.0343. The van der Waals surface area contributed by atoms with Gasteiger partial charge in [0.05, 0.1) is 5.75 Å². The molecule has 0 atom stereocenters. The number of aryl methyl sites for hydroxylation is 1. The fraction of sp³-hybridized carbons (Fsp3) is 0.333. The van der Waals surface area contributed by atoms with E-state index in [9.17, 15) is 4.79 Å². The molecule has 1 amide bonds. The maximum absolute atomic E-state index is 12.3. The van der Waals surface area contributed by atoms with Crippen LogP contribution in [0.2, 0.25) is 0 Å². The van der Waals surface area contributed by atoms with Crippen LogP contribution >= 0.6 is 11.8 Å². The number of aromatic nitrogens is 4. The minimum Gasteiger partial charge on any atom is -0.357 e. The largest absolute Gasteiger partial charge is 0.357 e. The second-order valence-corrected chi connectivity index (χ2v) is 8.04. The first-order valence-corrected chi connectivity index (χ1v) is 10.7. The van der Waals surface area contributed by atoms with E-state index in [1.165, 1.54) is 30.2 Å². The number of thioether (sulfide) groups is 1. The fourth-order valence-electron chi connectivity index (χ4n) is 3.28. The van der Waals surface area contributed by atoms with Crippen molar-refractivity contribution in [1.29, 1.82) is 0 Å². The molecule has 1 aliphatic heterocycles. The van der Waals surface area contributed by atoms with Gasteiger partial charge in [0.25, 0.3) is 0 Å². The highest BCUT2D eigenvalue weighted by Gasteiger charge is 2.14. The van der Waals surface area contributed by atoms with Gasteiger partial charge in [-0.3, -0.25) is 9.36 Å². The summed E-state index contributed by atoms with van der Waals surface area (Å²) >= 11 is 1.38. The zero-order valence-electron chi connectivity index (χ0n) is 16.4. The molecule has 0 bridgehead atoms. The van der Waals surface area contributed by atoms with E-state index in [0.717, 1.165) is 30.2 Å². The molecule has 1 aliphatic rings. The van der Waals surface area contributed by atoms with Gasteiger partial charge in [-0.15, -0.1) is 10.2 Å². The molecule has 4 rings (SSSR count). The van der Waals surface area contributed by atoms with Crippen molar-refractivity contribution in [3.8, 4) is 5.69 Å². The number of hydrogen-bond acceptors (Lipinski definition) is 6. The summed E-state index contributed by atoms with van der Waals surface area (Å²) in [7, 11) is 0. The number of carbonyl (C=O) groups is 1. The van der Waals surface area contributed by atoms with E-state index < -0.39 is 0 Å². The molecule has 3 heterocycles. The molecular formula is C21H24N6OS. The van der Waals surface area contributed by atoms with E-state index >= 15 is 0 Å². The van der Waals surface area contributed by atoms with Crippen LogP contribution in [0.5, 0.6) is 0 Å². The summed E-state index contributed by atoms with van der Waals surface area (Å²) in [5.41, 5.74) is 3.23. The Bertz CT molecular complexity index is 965. The quantitative estimate of drug-likeness (QED) is 0.606. The van der Waals surface area contributed by atoms with E-state index in [2.05, 4.69) is 31.5 Å². The Kier molecular flexibility index (Phi) is 6.09. The van der Waals surface area contributed by atoms with Gasteiger partial charge in [-0.05, 0) is 49.6 Å². The SMILES string of the molecule is Cc1ccc(-n2cnnc2SCC(=O)NCc2ccnc(N3CCCC3)c2)cc1. The highest BCUT2D eigenvalue weighted by molar-refractivity contribution is 7.99. The Morgan fingerprint density at radius 2 is 1.97 bits per heavy atom. The number of anilines is 1. The molecule has 0 unspecified atom stereocenters. The fourth-order valence-corrected chi connectivity index (χ4v) is 4.04. The summed E-state index contributed by atoms with van der Waals surface area (Å²) in [4.78, 5) is 19.1. The number of pyridine rings is 1. The Morgan fingerprint density at radius 3 is 2.76 bits per heavy atom. The molecule has 1 N–H and O–H groups in total. The summed E-state index contributed by atoms with van der Waals surface area (Å²) in [6, 6.07) is 12.1. The van der Waals surface area contributed by atoms with Gasteiger partial charge in [0.15, 0.2) is 5.16 Å². The standard InChI is InChI=1S/C21H24N6OS/c1-16-4-6-18(7-5-16)27-15-24-25-21(27)29-14-20(28)23-13-17-8-9-22-19(12-17)26-10-2-3-11-26/h4-9,12,15H,2-3,10-11,13-14H2,1H3,(H,23,28). The number of benzene rings is 1. The molecule has 1 saturated heterocycles. The van der Waals surface area contributed by atoms with Crippen molar-refractivity contribution in [1.82, 2.24) is 25.1 Å². The number of rotatable bonds is 7. The van der Waals surface area contributed by atoms with E-state index in [-0.39, 0.29) is 11.7 Å². The predicted octanol–water partition coefficient (Wildman–Crippen LogP) is 2.98. The Hall–Kier alpha value is -2.87. The number of amides is 1. The van der Waals surface area contributed by atoms with Gasteiger partial charge in [-0.2, -0.15) is 0 Å². The second kappa shape index (κ2) is 9.09. The maximum Gasteiger partial charge on any atom is 0.230 e. The zero-order valence-corrected chi connectivity index (χ0v) is 17.2. The van der Waals surface area contributed by atoms with Crippen molar-refractivity contribution >= 4 is 23.5 Å². The van der Waals surface area contributed by atoms with Crippen molar-refractivity contribution in [2.45, 2.75) is 31.5 Å². The summed E-state index contributed by atoms with van der Waals surface area (Å²) < 4.78 is 1.89. The van der Waals surface area contributed by atoms with Gasteiger partial charge < -0.3 is 10.2 Å². The van der Waals surface area contributed by atoms with Gasteiger partial charge in [-0.1, -0.05) is 29.5 Å². The van der Waals surface area contributed by atoms with Gasteiger partial charge >= 0.3 is 0 Å². The maximum atomic E-state index is 12.3. The number of nitrogens with zero attached hydrogens (tertiary/aromatic N) is 5. The van der Waals surface area contributed by atoms with Gasteiger partial charge in [0.2, 0.25) is 5.91 Å². The van der Waals surface area contributed by atoms with Gasteiger partial charge in [-0.25, -0.2) is 4.98 Å². The molecule has 0 spiro atoms. The molecule has 0 aliphatic carbocycles. The van der Waals surface area contributed by atoms with Crippen molar-refractivity contribution in [2.24, 2.45) is 0 Å². The van der Waals surface area contributed by atoms with Crippen LogP contribution in [0.1, 0.15) is 24.0 Å². The third-order valence-corrected chi connectivity index (χ3v) is 5.83. The lowest BCUT2D eigenvalue weighted by Crippen LogP contribution is -2.25. The average Bonchev–Trinajstić information content (AvgIpc) is 3.44. The molecule has 2 aromatic heterocycles. The smallest absolute Gasteiger partial charge is 0.230 e. The normalized spacial score (nSPS) is 13.6. The summed E-state index contributed by atoms with van der Waals surface area (Å²) in [5.74, 6) is 1.25. The summed E-state index contributed by atoms with van der Waals surface area (Å²) in [6.45, 7) is 4.66. The Labute approximate surface area is 174 Å². The van der Waals surface area contributed by atoms with Gasteiger partial charge in [0.1, 0.15) is 12.1 Å². The molecule has 1 fully saturated rings. The lowest BCUT2D eigenvalue weighted by molar-refractivity contribution is -0.118. The highest BCUT2D eigenvalue weighted by Crippen LogP contribution is 2.20. The topological polar surface area (TPSA) is 75.9 Å². The van der Waals surface area contributed by atoms with Crippen LogP contribution in [0.15, 0.2) is 54.1 Å². The number of nitrogens with one attached hydrogen (secondary N) is 1. The summed E-state index contributed by atoms with van der Waals surface area (Å²) in [6.07, 6.45) is 5.91. The lowest BCUT2D eigenvalue weighted by atomic mass is 10.2. The highest BCUT2D eigenvalue weighted by atomic mass is 32.2. The zero-order chi connectivity index (χ0) is 20.1. The molecule has 7 nitrogen and oxygen atoms in total. The van der Waals surface area contributed by atoms with E-state index in [0.29, 0.717) is 11.7 Å². The van der Waals surface area contributed by atoms with Crippen molar-refractivity contribution < 1.29 is 4.79 Å². The second-order valence-electron chi connectivity index (χ2n) is 7.10. The first-order valence-electron chi connectivity index (χ1n) is 9.75. The molecule has 8 heteroatoms. The van der Waals surface area contributed by atoms with Crippen molar-refractivity contribution in [2.75, 3.05) is 23.7 Å². The first kappa shape index (κ1) is 19.4. The monoisotopic (exact) mass is 408 g/mol. The molecular weight excluding hydrogens is 384 g/mol. The van der Waals surface area contributed by atoms with Crippen LogP contribution in [0.3, 0.4) is 0 Å². The molecule has 1 aromatic carbocycles. The first-order chi connectivity index (χ1) is 14.2. The molecule has 29 heavy (non-hydrogen) atoms. The van der Waals surface area contributed by atoms with Crippen LogP contribution in [0.25, 0.3) is 5.69 Å². The van der Waals surface area contributed by atoms with Crippen LogP contribution in [-0.2, 0) is 11.3 Å². The number of carbonyl (C=O) groups excluding carboxylic acids is 1. The van der Waals surface area contributed by atoms with E-state index in [1.54, 1.807) is 6.33 Å².